The van der Waals surface area contributed by atoms with E-state index >= 15 is 0 Å². The molecule has 0 atom stereocenters. The lowest BCUT2D eigenvalue weighted by Gasteiger charge is -2.12. The molecule has 0 spiro atoms. The highest BCUT2D eigenvalue weighted by Gasteiger charge is 2.16. The Balaban J connectivity index is 1.24. The number of nitrogens with one attached hydrogen (secondary N) is 3. The molecule has 0 unspecified atom stereocenters. The van der Waals surface area contributed by atoms with E-state index in [-0.39, 0.29) is 17.4 Å². The van der Waals surface area contributed by atoms with Crippen LogP contribution in [0, 0.1) is 0 Å². The molecule has 1 heterocycles. The Morgan fingerprint density at radius 2 is 1.63 bits per heavy atom. The lowest BCUT2D eigenvalue weighted by Crippen LogP contribution is -2.30. The number of anilines is 2. The summed E-state index contributed by atoms with van der Waals surface area (Å²) >= 11 is 2.65. The van der Waals surface area contributed by atoms with Crippen molar-refractivity contribution in [1.82, 2.24) is 10.3 Å². The topological polar surface area (TPSA) is 119 Å². The van der Waals surface area contributed by atoms with E-state index in [0.29, 0.717) is 39.1 Å². The number of carbonyl (C=O) groups excluding carboxylic acids is 3. The van der Waals surface area contributed by atoms with Gasteiger partial charge in [-0.2, -0.15) is 0 Å². The minimum absolute atomic E-state index is 0.0514. The Bertz CT molecular complexity index is 1870. The number of ether oxygens (including phenoxy) is 2. The first-order valence-corrected chi connectivity index (χ1v) is 15.9. The summed E-state index contributed by atoms with van der Waals surface area (Å²) in [5.41, 5.74) is 3.20. The van der Waals surface area contributed by atoms with Crippen molar-refractivity contribution in [2.75, 3.05) is 30.6 Å². The summed E-state index contributed by atoms with van der Waals surface area (Å²) in [6.45, 7) is 0. The molecule has 5 aromatic rings. The van der Waals surface area contributed by atoms with Crippen molar-refractivity contribution in [2.24, 2.45) is 0 Å². The Labute approximate surface area is 274 Å². The predicted octanol–water partition coefficient (Wildman–Crippen LogP) is 6.97. The maximum Gasteiger partial charge on any atom is 0.272 e. The van der Waals surface area contributed by atoms with E-state index in [1.807, 2.05) is 41.8 Å². The summed E-state index contributed by atoms with van der Waals surface area (Å²) in [6, 6.07) is 30.5. The first-order valence-electron chi connectivity index (χ1n) is 14.1. The molecule has 9 nitrogen and oxygen atoms in total. The zero-order valence-corrected chi connectivity index (χ0v) is 26.6. The first-order chi connectivity index (χ1) is 22.4. The van der Waals surface area contributed by atoms with E-state index in [2.05, 4.69) is 20.9 Å². The van der Waals surface area contributed by atoms with Crippen LogP contribution in [0.1, 0.15) is 15.9 Å². The van der Waals surface area contributed by atoms with Gasteiger partial charge < -0.3 is 25.4 Å². The Hall–Kier alpha value is -5.39. The maximum atomic E-state index is 13.5. The molecule has 11 heteroatoms. The fraction of sp³-hybridized carbons (Fsp3) is 0.0857. The van der Waals surface area contributed by atoms with E-state index < -0.39 is 11.8 Å². The summed E-state index contributed by atoms with van der Waals surface area (Å²) in [6.07, 6.45) is 1.58. The minimum atomic E-state index is -0.512. The molecule has 4 aromatic carbocycles. The summed E-state index contributed by atoms with van der Waals surface area (Å²) in [5.74, 6) is 0.303. The number of nitrogens with zero attached hydrogens (tertiary/aromatic N) is 1. The second-order valence-electron chi connectivity index (χ2n) is 9.71. The van der Waals surface area contributed by atoms with Crippen LogP contribution < -0.4 is 25.4 Å². The summed E-state index contributed by atoms with van der Waals surface area (Å²) in [7, 11) is 3.16. The lowest BCUT2D eigenvalue weighted by atomic mass is 10.1. The summed E-state index contributed by atoms with van der Waals surface area (Å²) < 4.78 is 10.7. The van der Waals surface area contributed by atoms with Gasteiger partial charge in [0.15, 0.2) is 5.13 Å². The molecular weight excluding hydrogens is 621 g/mol. The molecule has 5 rings (SSSR count). The number of thioether (sulfide) groups is 1. The summed E-state index contributed by atoms with van der Waals surface area (Å²) in [5, 5.41) is 10.8. The van der Waals surface area contributed by atoms with Crippen LogP contribution in [0.15, 0.2) is 119 Å². The molecule has 232 valence electrons. The van der Waals surface area contributed by atoms with Gasteiger partial charge in [0, 0.05) is 27.1 Å². The quantitative estimate of drug-likeness (QED) is 0.0986. The lowest BCUT2D eigenvalue weighted by molar-refractivity contribution is -0.114. The van der Waals surface area contributed by atoms with Crippen LogP contribution in [-0.2, 0) is 9.59 Å². The van der Waals surface area contributed by atoms with Crippen molar-refractivity contribution in [3.8, 4) is 22.8 Å². The third-order valence-corrected chi connectivity index (χ3v) is 8.28. The number of amides is 3. The number of methoxy groups -OCH3 is 2. The highest BCUT2D eigenvalue weighted by Crippen LogP contribution is 2.32. The van der Waals surface area contributed by atoms with Crippen molar-refractivity contribution in [1.29, 1.82) is 0 Å². The fourth-order valence-electron chi connectivity index (χ4n) is 4.32. The van der Waals surface area contributed by atoms with Crippen molar-refractivity contribution in [3.63, 3.8) is 0 Å². The molecule has 0 bridgehead atoms. The molecule has 0 saturated carbocycles. The number of aromatic nitrogens is 1. The van der Waals surface area contributed by atoms with E-state index in [0.717, 1.165) is 10.5 Å². The van der Waals surface area contributed by atoms with Gasteiger partial charge in [0.2, 0.25) is 5.91 Å². The minimum Gasteiger partial charge on any atom is -0.497 e. The van der Waals surface area contributed by atoms with Crippen LogP contribution in [0.4, 0.5) is 10.8 Å². The van der Waals surface area contributed by atoms with E-state index in [4.69, 9.17) is 9.47 Å². The zero-order chi connectivity index (χ0) is 32.3. The SMILES string of the molecule is COc1cccc(/C=C(\NC(=O)c2ccccc2)C(=O)Nc2cccc(SCC(=O)Nc3nc(-c4ccccc4OC)cs3)c2)c1. The third-order valence-electron chi connectivity index (χ3n) is 6.53. The van der Waals surface area contributed by atoms with Crippen LogP contribution in [0.5, 0.6) is 11.5 Å². The first kappa shape index (κ1) is 32.0. The van der Waals surface area contributed by atoms with E-state index in [9.17, 15) is 14.4 Å². The fourth-order valence-corrected chi connectivity index (χ4v) is 5.80. The van der Waals surface area contributed by atoms with Gasteiger partial charge >= 0.3 is 0 Å². The smallest absolute Gasteiger partial charge is 0.272 e. The van der Waals surface area contributed by atoms with Crippen LogP contribution in [0.3, 0.4) is 0 Å². The average molecular weight is 651 g/mol. The standard InChI is InChI=1S/C35H30N4O5S2/c1-43-26-14-8-10-23(18-26)19-29(37-33(41)24-11-4-3-5-12-24)34(42)36-25-13-9-15-27(20-25)45-22-32(40)39-35-38-30(21-46-35)28-16-6-7-17-31(28)44-2/h3-21H,22H2,1-2H3,(H,36,42)(H,37,41)(H,38,39,40)/b29-19-. The molecule has 46 heavy (non-hydrogen) atoms. The average Bonchev–Trinajstić information content (AvgIpc) is 3.55. The zero-order valence-electron chi connectivity index (χ0n) is 25.0. The normalized spacial score (nSPS) is 11.0. The van der Waals surface area contributed by atoms with Crippen LogP contribution in [0.25, 0.3) is 17.3 Å². The van der Waals surface area contributed by atoms with Gasteiger partial charge in [-0.3, -0.25) is 14.4 Å². The van der Waals surface area contributed by atoms with Gasteiger partial charge in [-0.25, -0.2) is 4.98 Å². The molecule has 0 radical (unpaired) electrons. The van der Waals surface area contributed by atoms with Gasteiger partial charge in [-0.05, 0) is 66.2 Å². The molecule has 1 aromatic heterocycles. The molecule has 0 aliphatic heterocycles. The van der Waals surface area contributed by atoms with Gasteiger partial charge in [0.25, 0.3) is 11.8 Å². The second kappa shape index (κ2) is 15.6. The number of thiazole rings is 1. The molecule has 0 aliphatic carbocycles. The number of hydrogen-bond acceptors (Lipinski definition) is 8. The van der Waals surface area contributed by atoms with E-state index in [1.54, 1.807) is 87.0 Å². The van der Waals surface area contributed by atoms with Gasteiger partial charge in [-0.15, -0.1) is 23.1 Å². The van der Waals surface area contributed by atoms with Gasteiger partial charge in [0.05, 0.1) is 25.7 Å². The largest absolute Gasteiger partial charge is 0.497 e. The molecular formula is C35H30N4O5S2. The number of carbonyl (C=O) groups is 3. The number of benzene rings is 4. The van der Waals surface area contributed by atoms with Crippen LogP contribution in [-0.4, -0.2) is 42.7 Å². The van der Waals surface area contributed by atoms with Gasteiger partial charge in [0.1, 0.15) is 17.2 Å². The molecule has 0 saturated heterocycles. The number of para-hydroxylation sites is 1. The highest BCUT2D eigenvalue weighted by molar-refractivity contribution is 8.00. The Morgan fingerprint density at radius 1 is 0.848 bits per heavy atom. The van der Waals surface area contributed by atoms with Crippen LogP contribution >= 0.6 is 23.1 Å². The number of hydrogen-bond donors (Lipinski definition) is 3. The predicted molar refractivity (Wildman–Crippen MR) is 183 cm³/mol. The van der Waals surface area contributed by atoms with Gasteiger partial charge in [-0.1, -0.05) is 48.5 Å². The second-order valence-corrected chi connectivity index (χ2v) is 11.6. The molecule has 0 fully saturated rings. The van der Waals surface area contributed by atoms with Crippen molar-refractivity contribution >= 4 is 57.7 Å². The summed E-state index contributed by atoms with van der Waals surface area (Å²) in [4.78, 5) is 44.4. The highest BCUT2D eigenvalue weighted by atomic mass is 32.2. The number of rotatable bonds is 12. The monoisotopic (exact) mass is 650 g/mol. The Morgan fingerprint density at radius 3 is 2.43 bits per heavy atom. The maximum absolute atomic E-state index is 13.5. The molecule has 3 amide bonds. The Kier molecular flexibility index (Phi) is 10.8. The molecule has 0 aliphatic rings. The molecule has 3 N–H and O–H groups in total. The van der Waals surface area contributed by atoms with Crippen molar-refractivity contribution in [2.45, 2.75) is 4.90 Å². The van der Waals surface area contributed by atoms with Crippen LogP contribution in [0.2, 0.25) is 0 Å². The van der Waals surface area contributed by atoms with Crippen molar-refractivity contribution in [3.05, 3.63) is 125 Å². The van der Waals surface area contributed by atoms with Crippen molar-refractivity contribution < 1.29 is 23.9 Å². The van der Waals surface area contributed by atoms with E-state index in [1.165, 1.54) is 23.1 Å². The third kappa shape index (κ3) is 8.62.